The molecule has 20 heavy (non-hydrogen) atoms. The summed E-state index contributed by atoms with van der Waals surface area (Å²) in [6, 6.07) is 5.24. The Morgan fingerprint density at radius 1 is 1.25 bits per heavy atom. The molecule has 0 bridgehead atoms. The van der Waals surface area contributed by atoms with Crippen LogP contribution in [0.1, 0.15) is 39.0 Å². The number of carbonyl (C=O) groups is 1. The maximum Gasteiger partial charge on any atom is 0.241 e. The highest BCUT2D eigenvalue weighted by molar-refractivity contribution is 6.35. The Hall–Kier alpha value is -0.770. The van der Waals surface area contributed by atoms with Gasteiger partial charge < -0.3 is 10.6 Å². The summed E-state index contributed by atoms with van der Waals surface area (Å²) in [7, 11) is 0. The molecule has 1 saturated carbocycles. The largest absolute Gasteiger partial charge is 0.323 e. The van der Waals surface area contributed by atoms with Gasteiger partial charge >= 0.3 is 0 Å². The highest BCUT2D eigenvalue weighted by Gasteiger charge is 2.20. The van der Waals surface area contributed by atoms with E-state index < -0.39 is 0 Å². The predicted octanol–water partition coefficient (Wildman–Crippen LogP) is 4.24. The second-order valence-electron chi connectivity index (χ2n) is 5.34. The Bertz CT molecular complexity index is 473. The monoisotopic (exact) mass is 314 g/mol. The molecule has 1 aliphatic carbocycles. The molecule has 0 aromatic heterocycles. The Balaban J connectivity index is 1.91. The molecule has 110 valence electrons. The molecule has 5 heteroatoms. The SMILES string of the molecule is C[C@H](NC1CCCCC1)C(=O)Nc1cc(Cl)ccc1Cl. The van der Waals surface area contributed by atoms with Gasteiger partial charge in [-0.1, -0.05) is 42.5 Å². The fraction of sp³-hybridized carbons (Fsp3) is 0.533. The van der Waals surface area contributed by atoms with E-state index in [0.717, 1.165) is 12.8 Å². The summed E-state index contributed by atoms with van der Waals surface area (Å²) in [6.07, 6.45) is 6.08. The van der Waals surface area contributed by atoms with Gasteiger partial charge in [0.15, 0.2) is 0 Å². The van der Waals surface area contributed by atoms with Crippen LogP contribution in [0.3, 0.4) is 0 Å². The number of carbonyl (C=O) groups excluding carboxylic acids is 1. The molecule has 1 atom stereocenters. The van der Waals surface area contributed by atoms with Crippen LogP contribution in [0, 0.1) is 0 Å². The molecular formula is C15H20Cl2N2O. The third-order valence-electron chi connectivity index (χ3n) is 3.67. The van der Waals surface area contributed by atoms with Gasteiger partial charge in [0.1, 0.15) is 0 Å². The molecule has 2 rings (SSSR count). The van der Waals surface area contributed by atoms with Crippen molar-refractivity contribution in [2.75, 3.05) is 5.32 Å². The zero-order valence-corrected chi connectivity index (χ0v) is 13.1. The number of amides is 1. The van der Waals surface area contributed by atoms with Gasteiger partial charge in [0.25, 0.3) is 0 Å². The van der Waals surface area contributed by atoms with Gasteiger partial charge in [0.2, 0.25) is 5.91 Å². The lowest BCUT2D eigenvalue weighted by atomic mass is 9.95. The fourth-order valence-corrected chi connectivity index (χ4v) is 2.87. The number of rotatable bonds is 4. The van der Waals surface area contributed by atoms with Crippen molar-refractivity contribution >= 4 is 34.8 Å². The summed E-state index contributed by atoms with van der Waals surface area (Å²) in [5.41, 5.74) is 0.557. The quantitative estimate of drug-likeness (QED) is 0.872. The van der Waals surface area contributed by atoms with E-state index in [1.807, 2.05) is 6.92 Å². The predicted molar refractivity (Wildman–Crippen MR) is 84.6 cm³/mol. The number of hydrogen-bond donors (Lipinski definition) is 2. The maximum atomic E-state index is 12.2. The molecule has 1 aliphatic rings. The van der Waals surface area contributed by atoms with Gasteiger partial charge in [-0.2, -0.15) is 0 Å². The van der Waals surface area contributed by atoms with Crippen molar-refractivity contribution in [3.63, 3.8) is 0 Å². The lowest BCUT2D eigenvalue weighted by Crippen LogP contribution is -2.44. The second kappa shape index (κ2) is 7.30. The molecule has 0 aliphatic heterocycles. The van der Waals surface area contributed by atoms with Crippen molar-refractivity contribution in [1.29, 1.82) is 0 Å². The smallest absolute Gasteiger partial charge is 0.241 e. The third-order valence-corrected chi connectivity index (χ3v) is 4.24. The molecule has 0 heterocycles. The maximum absolute atomic E-state index is 12.2. The van der Waals surface area contributed by atoms with E-state index in [0.29, 0.717) is 21.8 Å². The van der Waals surface area contributed by atoms with Crippen LogP contribution in [0.2, 0.25) is 10.0 Å². The van der Waals surface area contributed by atoms with Crippen LogP contribution in [0.5, 0.6) is 0 Å². The Labute approximate surface area is 130 Å². The fourth-order valence-electron chi connectivity index (χ4n) is 2.53. The molecular weight excluding hydrogens is 295 g/mol. The van der Waals surface area contributed by atoms with Crippen LogP contribution in [-0.2, 0) is 4.79 Å². The van der Waals surface area contributed by atoms with E-state index in [4.69, 9.17) is 23.2 Å². The molecule has 1 amide bonds. The average molecular weight is 315 g/mol. The first-order valence-electron chi connectivity index (χ1n) is 7.08. The number of anilines is 1. The summed E-state index contributed by atoms with van der Waals surface area (Å²) < 4.78 is 0. The van der Waals surface area contributed by atoms with Gasteiger partial charge in [-0.15, -0.1) is 0 Å². The van der Waals surface area contributed by atoms with Crippen molar-refractivity contribution in [2.24, 2.45) is 0 Å². The topological polar surface area (TPSA) is 41.1 Å². The lowest BCUT2D eigenvalue weighted by Gasteiger charge is -2.26. The molecule has 1 aromatic carbocycles. The van der Waals surface area contributed by atoms with Crippen LogP contribution >= 0.6 is 23.2 Å². The Kier molecular flexibility index (Phi) is 5.70. The van der Waals surface area contributed by atoms with E-state index in [9.17, 15) is 4.79 Å². The van der Waals surface area contributed by atoms with Gasteiger partial charge in [-0.3, -0.25) is 4.79 Å². The van der Waals surface area contributed by atoms with Crippen LogP contribution in [0.4, 0.5) is 5.69 Å². The molecule has 1 aromatic rings. The number of hydrogen-bond acceptors (Lipinski definition) is 2. The molecule has 0 unspecified atom stereocenters. The Morgan fingerprint density at radius 3 is 2.65 bits per heavy atom. The molecule has 0 spiro atoms. The number of halogens is 2. The van der Waals surface area contributed by atoms with Crippen LogP contribution in [0.15, 0.2) is 18.2 Å². The van der Waals surface area contributed by atoms with Crippen molar-refractivity contribution in [3.05, 3.63) is 28.2 Å². The van der Waals surface area contributed by atoms with E-state index in [1.165, 1.54) is 19.3 Å². The minimum absolute atomic E-state index is 0.0836. The highest BCUT2D eigenvalue weighted by atomic mass is 35.5. The van der Waals surface area contributed by atoms with E-state index >= 15 is 0 Å². The standard InChI is InChI=1S/C15H20Cl2N2O/c1-10(18-12-5-3-2-4-6-12)15(20)19-14-9-11(16)7-8-13(14)17/h7-10,12,18H,2-6H2,1H3,(H,19,20)/t10-/m0/s1. The van der Waals surface area contributed by atoms with Crippen LogP contribution < -0.4 is 10.6 Å². The summed E-state index contributed by atoms with van der Waals surface area (Å²) in [5, 5.41) is 7.25. The molecule has 2 N–H and O–H groups in total. The lowest BCUT2D eigenvalue weighted by molar-refractivity contribution is -0.118. The summed E-state index contributed by atoms with van der Waals surface area (Å²) in [6.45, 7) is 1.88. The van der Waals surface area contributed by atoms with Gasteiger partial charge in [0, 0.05) is 11.1 Å². The van der Waals surface area contributed by atoms with Crippen molar-refractivity contribution in [2.45, 2.75) is 51.1 Å². The minimum atomic E-state index is -0.242. The Morgan fingerprint density at radius 2 is 1.95 bits per heavy atom. The number of benzene rings is 1. The van der Waals surface area contributed by atoms with E-state index in [2.05, 4.69) is 10.6 Å². The summed E-state index contributed by atoms with van der Waals surface area (Å²) >= 11 is 12.0. The van der Waals surface area contributed by atoms with Gasteiger partial charge in [0.05, 0.1) is 16.8 Å². The molecule has 1 fully saturated rings. The molecule has 0 saturated heterocycles. The van der Waals surface area contributed by atoms with E-state index in [1.54, 1.807) is 18.2 Å². The van der Waals surface area contributed by atoms with Crippen molar-refractivity contribution in [1.82, 2.24) is 5.32 Å². The summed E-state index contributed by atoms with van der Waals surface area (Å²) in [5.74, 6) is -0.0836. The zero-order chi connectivity index (χ0) is 14.5. The third kappa shape index (κ3) is 4.37. The molecule has 3 nitrogen and oxygen atoms in total. The second-order valence-corrected chi connectivity index (χ2v) is 6.18. The first-order chi connectivity index (χ1) is 9.56. The van der Waals surface area contributed by atoms with Gasteiger partial charge in [-0.05, 0) is 38.0 Å². The highest BCUT2D eigenvalue weighted by Crippen LogP contribution is 2.25. The van der Waals surface area contributed by atoms with Crippen molar-refractivity contribution < 1.29 is 4.79 Å². The minimum Gasteiger partial charge on any atom is -0.323 e. The normalized spacial score (nSPS) is 17.8. The number of nitrogens with one attached hydrogen (secondary N) is 2. The van der Waals surface area contributed by atoms with Gasteiger partial charge in [-0.25, -0.2) is 0 Å². The first-order valence-corrected chi connectivity index (χ1v) is 7.84. The van der Waals surface area contributed by atoms with E-state index in [-0.39, 0.29) is 11.9 Å². The average Bonchev–Trinajstić information content (AvgIpc) is 2.44. The zero-order valence-electron chi connectivity index (χ0n) is 11.6. The molecule has 0 radical (unpaired) electrons. The van der Waals surface area contributed by atoms with Crippen LogP contribution in [0.25, 0.3) is 0 Å². The first kappa shape index (κ1) is 15.6. The van der Waals surface area contributed by atoms with Crippen molar-refractivity contribution in [3.8, 4) is 0 Å². The summed E-state index contributed by atoms with van der Waals surface area (Å²) in [4.78, 5) is 12.2. The van der Waals surface area contributed by atoms with Crippen LogP contribution in [-0.4, -0.2) is 18.0 Å².